The highest BCUT2D eigenvalue weighted by Gasteiger charge is 2.29. The molecule has 1 heterocycles. The lowest BCUT2D eigenvalue weighted by atomic mass is 9.96. The summed E-state index contributed by atoms with van der Waals surface area (Å²) in [5.41, 5.74) is 0.683. The van der Waals surface area contributed by atoms with E-state index in [0.717, 1.165) is 6.42 Å². The number of nitro benzene ring substituents is 1. The molecule has 1 saturated heterocycles. The smallest absolute Gasteiger partial charge is 0.314 e. The molecule has 1 aliphatic heterocycles. The van der Waals surface area contributed by atoms with Crippen LogP contribution in [0.1, 0.15) is 26.2 Å². The average Bonchev–Trinajstić information content (AvgIpc) is 2.73. The maximum atomic E-state index is 12.6. The minimum atomic E-state index is -0.372. The third-order valence-corrected chi connectivity index (χ3v) is 4.77. The van der Waals surface area contributed by atoms with Crippen molar-refractivity contribution in [3.8, 4) is 11.5 Å². The lowest BCUT2D eigenvalue weighted by Crippen LogP contribution is -2.38. The molecule has 3 rings (SSSR count). The minimum absolute atomic E-state index is 0.0885. The highest BCUT2D eigenvalue weighted by molar-refractivity contribution is 5.76. The third-order valence-electron chi connectivity index (χ3n) is 4.77. The highest BCUT2D eigenvalue weighted by Crippen LogP contribution is 2.32. The van der Waals surface area contributed by atoms with Crippen LogP contribution in [-0.4, -0.2) is 30.6 Å². The summed E-state index contributed by atoms with van der Waals surface area (Å²) >= 11 is 0. The Bertz CT molecular complexity index is 831. The number of nitrogens with zero attached hydrogens (tertiary/aromatic N) is 2. The van der Waals surface area contributed by atoms with Crippen LogP contribution < -0.4 is 14.4 Å². The topological polar surface area (TPSA) is 81.9 Å². The van der Waals surface area contributed by atoms with Crippen molar-refractivity contribution in [1.29, 1.82) is 0 Å². The van der Waals surface area contributed by atoms with Crippen LogP contribution in [0.4, 0.5) is 11.4 Å². The zero-order chi connectivity index (χ0) is 19.9. The first kappa shape index (κ1) is 19.7. The molecule has 2 aromatic carbocycles. The lowest BCUT2D eigenvalue weighted by molar-refractivity contribution is -0.384. The second-order valence-corrected chi connectivity index (χ2v) is 6.72. The fraction of sp³-hybridized carbons (Fsp3) is 0.381. The minimum Gasteiger partial charge on any atom is -0.490 e. The second-order valence-electron chi connectivity index (χ2n) is 6.72. The molecule has 0 saturated carbocycles. The lowest BCUT2D eigenvalue weighted by Gasteiger charge is -2.32. The summed E-state index contributed by atoms with van der Waals surface area (Å²) in [5, 5.41) is 11.2. The molecule has 0 amide bonds. The first-order chi connectivity index (χ1) is 13.6. The number of piperidine rings is 1. The molecule has 28 heavy (non-hydrogen) atoms. The number of nitro groups is 1. The molecule has 0 unspecified atom stereocenters. The first-order valence-corrected chi connectivity index (χ1v) is 9.52. The van der Waals surface area contributed by atoms with Crippen molar-refractivity contribution in [3.05, 3.63) is 58.6 Å². The molecule has 0 radical (unpaired) electrons. The van der Waals surface area contributed by atoms with Crippen molar-refractivity contribution in [2.75, 3.05) is 24.6 Å². The molecule has 0 aliphatic carbocycles. The zero-order valence-electron chi connectivity index (χ0n) is 15.9. The van der Waals surface area contributed by atoms with Crippen LogP contribution in [0, 0.1) is 16.0 Å². The van der Waals surface area contributed by atoms with Crippen molar-refractivity contribution >= 4 is 17.3 Å². The van der Waals surface area contributed by atoms with Gasteiger partial charge in [-0.3, -0.25) is 14.9 Å². The summed E-state index contributed by atoms with van der Waals surface area (Å²) < 4.78 is 11.2. The van der Waals surface area contributed by atoms with Gasteiger partial charge in [0.05, 0.1) is 17.4 Å². The standard InChI is InChI=1S/C21H24N2O5/c1-2-15-27-19-9-5-6-10-20(19)28-21(24)16-11-13-22(14-12-16)17-7-3-4-8-18(17)23(25)26/h3-10,16H,2,11-15H2,1H3. The molecular formula is C21H24N2O5. The largest absolute Gasteiger partial charge is 0.490 e. The van der Waals surface area contributed by atoms with E-state index in [1.54, 1.807) is 36.4 Å². The molecule has 2 aromatic rings. The Morgan fingerprint density at radius 3 is 2.43 bits per heavy atom. The predicted molar refractivity (Wildman–Crippen MR) is 106 cm³/mol. The van der Waals surface area contributed by atoms with E-state index in [0.29, 0.717) is 49.7 Å². The first-order valence-electron chi connectivity index (χ1n) is 9.52. The summed E-state index contributed by atoms with van der Waals surface area (Å²) in [4.78, 5) is 25.4. The van der Waals surface area contributed by atoms with Gasteiger partial charge in [-0.2, -0.15) is 0 Å². The van der Waals surface area contributed by atoms with Gasteiger partial charge in [0, 0.05) is 19.2 Å². The van der Waals surface area contributed by atoms with Crippen molar-refractivity contribution in [3.63, 3.8) is 0 Å². The molecule has 1 aliphatic rings. The van der Waals surface area contributed by atoms with Gasteiger partial charge in [-0.15, -0.1) is 0 Å². The molecular weight excluding hydrogens is 360 g/mol. The molecule has 148 valence electrons. The average molecular weight is 384 g/mol. The van der Waals surface area contributed by atoms with Gasteiger partial charge in [-0.25, -0.2) is 0 Å². The summed E-state index contributed by atoms with van der Waals surface area (Å²) in [6.07, 6.45) is 2.04. The highest BCUT2D eigenvalue weighted by atomic mass is 16.6. The van der Waals surface area contributed by atoms with Crippen LogP contribution >= 0.6 is 0 Å². The SMILES string of the molecule is CCCOc1ccccc1OC(=O)C1CCN(c2ccccc2[N+](=O)[O-])CC1. The molecule has 1 fully saturated rings. The number of esters is 1. The fourth-order valence-electron chi connectivity index (χ4n) is 3.30. The Kier molecular flexibility index (Phi) is 6.47. The summed E-state index contributed by atoms with van der Waals surface area (Å²) in [7, 11) is 0. The molecule has 0 spiro atoms. The molecule has 0 atom stereocenters. The van der Waals surface area contributed by atoms with Crippen LogP contribution in [0.3, 0.4) is 0 Å². The van der Waals surface area contributed by atoms with Gasteiger partial charge in [0.25, 0.3) is 5.69 Å². The Balaban J connectivity index is 1.61. The van der Waals surface area contributed by atoms with E-state index < -0.39 is 0 Å². The summed E-state index contributed by atoms with van der Waals surface area (Å²) in [5.74, 6) is 0.477. The fourth-order valence-corrected chi connectivity index (χ4v) is 3.30. The number of anilines is 1. The monoisotopic (exact) mass is 384 g/mol. The van der Waals surface area contributed by atoms with Crippen LogP contribution in [0.5, 0.6) is 11.5 Å². The normalized spacial score (nSPS) is 14.5. The Hall–Kier alpha value is -3.09. The van der Waals surface area contributed by atoms with Gasteiger partial charge in [-0.05, 0) is 37.5 Å². The van der Waals surface area contributed by atoms with E-state index in [-0.39, 0.29) is 22.5 Å². The van der Waals surface area contributed by atoms with Gasteiger partial charge in [0.1, 0.15) is 5.69 Å². The number of hydrogen-bond donors (Lipinski definition) is 0. The maximum Gasteiger partial charge on any atom is 0.314 e. The quantitative estimate of drug-likeness (QED) is 0.308. The van der Waals surface area contributed by atoms with Gasteiger partial charge < -0.3 is 14.4 Å². The van der Waals surface area contributed by atoms with Crippen molar-refractivity contribution in [2.45, 2.75) is 26.2 Å². The van der Waals surface area contributed by atoms with Gasteiger partial charge >= 0.3 is 5.97 Å². The number of hydrogen-bond acceptors (Lipinski definition) is 6. The van der Waals surface area contributed by atoms with Gasteiger partial charge in [0.15, 0.2) is 11.5 Å². The Labute approximate surface area is 164 Å². The van der Waals surface area contributed by atoms with E-state index in [1.165, 1.54) is 6.07 Å². The predicted octanol–water partition coefficient (Wildman–Crippen LogP) is 4.21. The Morgan fingerprint density at radius 2 is 1.75 bits per heavy atom. The Morgan fingerprint density at radius 1 is 1.11 bits per heavy atom. The number of carbonyl (C=O) groups excluding carboxylic acids is 1. The number of benzene rings is 2. The third kappa shape index (κ3) is 4.60. The zero-order valence-corrected chi connectivity index (χ0v) is 15.9. The maximum absolute atomic E-state index is 12.6. The van der Waals surface area contributed by atoms with Crippen LogP contribution in [0.2, 0.25) is 0 Å². The van der Waals surface area contributed by atoms with E-state index in [4.69, 9.17) is 9.47 Å². The second kappa shape index (κ2) is 9.21. The van der Waals surface area contributed by atoms with Gasteiger partial charge in [-0.1, -0.05) is 31.2 Å². The van der Waals surface area contributed by atoms with Gasteiger partial charge in [0.2, 0.25) is 0 Å². The number of ether oxygens (including phenoxy) is 2. The van der Waals surface area contributed by atoms with Crippen LogP contribution in [0.15, 0.2) is 48.5 Å². The molecule has 7 nitrogen and oxygen atoms in total. The van der Waals surface area contributed by atoms with E-state index in [9.17, 15) is 14.9 Å². The van der Waals surface area contributed by atoms with Crippen molar-refractivity contribution in [1.82, 2.24) is 0 Å². The van der Waals surface area contributed by atoms with E-state index in [2.05, 4.69) is 0 Å². The molecule has 7 heteroatoms. The molecule has 0 bridgehead atoms. The number of carbonyl (C=O) groups is 1. The van der Waals surface area contributed by atoms with Crippen LogP contribution in [-0.2, 0) is 4.79 Å². The summed E-state index contributed by atoms with van der Waals surface area (Å²) in [6, 6.07) is 13.9. The summed E-state index contributed by atoms with van der Waals surface area (Å²) in [6.45, 7) is 3.71. The van der Waals surface area contributed by atoms with E-state index in [1.807, 2.05) is 17.9 Å². The van der Waals surface area contributed by atoms with Crippen molar-refractivity contribution < 1.29 is 19.2 Å². The van der Waals surface area contributed by atoms with Crippen LogP contribution in [0.25, 0.3) is 0 Å². The molecule has 0 N–H and O–H groups in total. The van der Waals surface area contributed by atoms with E-state index >= 15 is 0 Å². The number of para-hydroxylation sites is 4. The van der Waals surface area contributed by atoms with Crippen molar-refractivity contribution in [2.24, 2.45) is 5.92 Å². The molecule has 0 aromatic heterocycles. The number of rotatable bonds is 7.